The molecule has 0 saturated heterocycles. The Bertz CT molecular complexity index is 555. The van der Waals surface area contributed by atoms with Crippen molar-refractivity contribution in [3.8, 4) is 16.9 Å². The Labute approximate surface area is 131 Å². The molecular weight excluding hydrogens is 459 g/mol. The van der Waals surface area contributed by atoms with Gasteiger partial charge in [0.15, 0.2) is 0 Å². The quantitative estimate of drug-likeness (QED) is 0.546. The van der Waals surface area contributed by atoms with Crippen molar-refractivity contribution in [3.05, 3.63) is 48.9 Å². The maximum atomic E-state index is 5.35. The second-order valence-corrected chi connectivity index (χ2v) is 6.40. The minimum absolute atomic E-state index is 0.754. The lowest BCUT2D eigenvalue weighted by Crippen LogP contribution is -1.90. The number of hydrogen-bond acceptors (Lipinski definition) is 1. The second-order valence-electron chi connectivity index (χ2n) is 3.39. The Kier molecular flexibility index (Phi) is 4.49. The Balaban J connectivity index is 2.66. The molecule has 0 aliphatic rings. The second kappa shape index (κ2) is 5.71. The van der Waals surface area contributed by atoms with Crippen LogP contribution in [0.4, 0.5) is 0 Å². The molecule has 0 atom stereocenters. The van der Waals surface area contributed by atoms with Crippen molar-refractivity contribution in [2.24, 2.45) is 0 Å². The normalized spacial score (nSPS) is 10.4. The summed E-state index contributed by atoms with van der Waals surface area (Å²) in [6.07, 6.45) is 0. The van der Waals surface area contributed by atoms with Crippen LogP contribution in [0.1, 0.15) is 0 Å². The topological polar surface area (TPSA) is 9.23 Å². The van der Waals surface area contributed by atoms with Crippen LogP contribution in [0.3, 0.4) is 0 Å². The summed E-state index contributed by atoms with van der Waals surface area (Å²) in [6, 6.07) is 13.2. The summed E-state index contributed by atoms with van der Waals surface area (Å²) in [7, 11) is 1.66. The van der Waals surface area contributed by atoms with Crippen molar-refractivity contribution in [3.63, 3.8) is 0 Å². The van der Waals surface area contributed by atoms with Crippen LogP contribution in [-0.4, -0.2) is 7.11 Å². The molecule has 87 valence electrons. The van der Waals surface area contributed by atoms with Gasteiger partial charge in [-0.1, -0.05) is 31.9 Å². The van der Waals surface area contributed by atoms with E-state index in [2.05, 4.69) is 72.6 Å². The van der Waals surface area contributed by atoms with Gasteiger partial charge in [-0.3, -0.25) is 0 Å². The zero-order valence-corrected chi connectivity index (χ0v) is 14.3. The van der Waals surface area contributed by atoms with Gasteiger partial charge in [0, 0.05) is 29.7 Å². The summed E-state index contributed by atoms with van der Waals surface area (Å²) in [5.41, 5.74) is 2.12. The first kappa shape index (κ1) is 13.4. The van der Waals surface area contributed by atoms with E-state index in [9.17, 15) is 0 Å². The maximum absolute atomic E-state index is 5.35. The highest BCUT2D eigenvalue weighted by atomic mass is 127. The fourth-order valence-corrected chi connectivity index (χ4v) is 2.82. The lowest BCUT2D eigenvalue weighted by Gasteiger charge is -2.11. The highest BCUT2D eigenvalue weighted by Crippen LogP contribution is 2.37. The first-order valence-electron chi connectivity index (χ1n) is 4.82. The van der Waals surface area contributed by atoms with Crippen molar-refractivity contribution in [2.45, 2.75) is 0 Å². The van der Waals surface area contributed by atoms with Crippen LogP contribution < -0.4 is 4.74 Å². The molecule has 0 spiro atoms. The van der Waals surface area contributed by atoms with Crippen LogP contribution in [0, 0.1) is 9.64 Å². The smallest absolute Gasteiger partial charge is 0.134 e. The van der Waals surface area contributed by atoms with Gasteiger partial charge >= 0.3 is 0 Å². The van der Waals surface area contributed by atoms with Gasteiger partial charge in [0.1, 0.15) is 5.75 Å². The first-order valence-corrected chi connectivity index (χ1v) is 7.49. The Morgan fingerprint density at radius 2 is 1.94 bits per heavy atom. The van der Waals surface area contributed by atoms with Gasteiger partial charge in [-0.2, -0.15) is 0 Å². The van der Waals surface area contributed by atoms with E-state index in [1.54, 1.807) is 7.11 Å². The molecule has 1 nitrogen and oxygen atoms in total. The predicted molar refractivity (Wildman–Crippen MR) is 85.4 cm³/mol. The summed E-state index contributed by atoms with van der Waals surface area (Å²) in [6.45, 7) is 0. The molecule has 2 aromatic rings. The molecule has 0 unspecified atom stereocenters. The summed E-state index contributed by atoms with van der Waals surface area (Å²) in [4.78, 5) is 0. The number of hydrogen-bond donors (Lipinski definition) is 0. The van der Waals surface area contributed by atoms with Gasteiger partial charge in [-0.25, -0.2) is 0 Å². The molecule has 2 rings (SSSR count). The fourth-order valence-electron chi connectivity index (χ4n) is 1.53. The third kappa shape index (κ3) is 3.03. The number of ether oxygens (including phenoxy) is 1. The van der Waals surface area contributed by atoms with Gasteiger partial charge < -0.3 is 4.74 Å². The number of benzene rings is 2. The van der Waals surface area contributed by atoms with Crippen molar-refractivity contribution >= 4 is 54.5 Å². The SMILES string of the molecule is COc1[c]cc(I)cc1-c1cc(Br)ccc1Br. The van der Waals surface area contributed by atoms with Crippen LogP contribution in [0.2, 0.25) is 0 Å². The Morgan fingerprint density at radius 3 is 2.65 bits per heavy atom. The number of methoxy groups -OCH3 is 1. The highest BCUT2D eigenvalue weighted by Gasteiger charge is 2.10. The van der Waals surface area contributed by atoms with Crippen LogP contribution in [0.15, 0.2) is 39.3 Å². The van der Waals surface area contributed by atoms with E-state index in [4.69, 9.17) is 4.74 Å². The van der Waals surface area contributed by atoms with E-state index >= 15 is 0 Å². The van der Waals surface area contributed by atoms with Gasteiger partial charge in [-0.15, -0.1) is 0 Å². The number of halogens is 3. The van der Waals surface area contributed by atoms with Crippen LogP contribution in [-0.2, 0) is 0 Å². The summed E-state index contributed by atoms with van der Waals surface area (Å²) < 4.78 is 8.56. The predicted octanol–water partition coefficient (Wildman–Crippen LogP) is 5.29. The monoisotopic (exact) mass is 465 g/mol. The van der Waals surface area contributed by atoms with E-state index in [-0.39, 0.29) is 0 Å². The van der Waals surface area contributed by atoms with E-state index < -0.39 is 0 Å². The van der Waals surface area contributed by atoms with Crippen LogP contribution >= 0.6 is 54.5 Å². The van der Waals surface area contributed by atoms with Crippen molar-refractivity contribution < 1.29 is 4.74 Å². The molecule has 0 aliphatic carbocycles. The summed E-state index contributed by atoms with van der Waals surface area (Å²) in [5.74, 6) is 0.754. The molecule has 0 N–H and O–H groups in total. The highest BCUT2D eigenvalue weighted by molar-refractivity contribution is 14.1. The fraction of sp³-hybridized carbons (Fsp3) is 0.0769. The third-order valence-electron chi connectivity index (χ3n) is 2.29. The van der Waals surface area contributed by atoms with Gasteiger partial charge in [0.05, 0.1) is 7.11 Å². The van der Waals surface area contributed by atoms with Crippen LogP contribution in [0.25, 0.3) is 11.1 Å². The zero-order valence-electron chi connectivity index (χ0n) is 8.93. The first-order chi connectivity index (χ1) is 8.11. The number of rotatable bonds is 2. The van der Waals surface area contributed by atoms with E-state index in [1.165, 1.54) is 0 Å². The lowest BCUT2D eigenvalue weighted by atomic mass is 10.1. The molecule has 0 bridgehead atoms. The molecule has 0 aliphatic heterocycles. The molecule has 17 heavy (non-hydrogen) atoms. The minimum atomic E-state index is 0.754. The molecular formula is C13H8Br2IO. The molecule has 0 aromatic heterocycles. The molecule has 4 heteroatoms. The Hall–Kier alpha value is -0.0700. The standard InChI is InChI=1S/C13H8Br2IO/c1-17-13-5-3-9(16)7-11(13)10-6-8(14)2-4-12(10)15/h2-4,6-7H,1H3. The molecule has 2 aromatic carbocycles. The van der Waals surface area contributed by atoms with Crippen molar-refractivity contribution in [1.29, 1.82) is 0 Å². The molecule has 1 radical (unpaired) electrons. The summed E-state index contributed by atoms with van der Waals surface area (Å²) >= 11 is 9.32. The van der Waals surface area contributed by atoms with Crippen molar-refractivity contribution in [2.75, 3.05) is 7.11 Å². The molecule has 0 fully saturated rings. The summed E-state index contributed by atoms with van der Waals surface area (Å²) in [5, 5.41) is 0. The van der Waals surface area contributed by atoms with Gasteiger partial charge in [0.25, 0.3) is 0 Å². The third-order valence-corrected chi connectivity index (χ3v) is 4.10. The largest absolute Gasteiger partial charge is 0.495 e. The molecule has 0 saturated carbocycles. The average Bonchev–Trinajstić information content (AvgIpc) is 2.32. The minimum Gasteiger partial charge on any atom is -0.495 e. The van der Waals surface area contributed by atoms with Gasteiger partial charge in [-0.05, 0) is 52.9 Å². The average molecular weight is 467 g/mol. The molecule has 0 heterocycles. The van der Waals surface area contributed by atoms with E-state index in [1.807, 2.05) is 18.2 Å². The van der Waals surface area contributed by atoms with E-state index in [0.29, 0.717) is 0 Å². The van der Waals surface area contributed by atoms with E-state index in [0.717, 1.165) is 29.4 Å². The molecule has 0 amide bonds. The van der Waals surface area contributed by atoms with Crippen LogP contribution in [0.5, 0.6) is 5.75 Å². The Morgan fingerprint density at radius 1 is 1.18 bits per heavy atom. The van der Waals surface area contributed by atoms with Crippen molar-refractivity contribution in [1.82, 2.24) is 0 Å². The lowest BCUT2D eigenvalue weighted by molar-refractivity contribution is 0.415. The maximum Gasteiger partial charge on any atom is 0.134 e. The zero-order chi connectivity index (χ0) is 12.4. The van der Waals surface area contributed by atoms with Gasteiger partial charge in [0.2, 0.25) is 0 Å².